The van der Waals surface area contributed by atoms with Crippen LogP contribution in [-0.2, 0) is 9.47 Å². The smallest absolute Gasteiger partial charge is 0.139 e. The standard InChI is InChI=1S/C10H18O2S/c1-2-13-10-6-4-7-11-9(10)5-3-8-12-10/h9H,2-8H2,1H3/t9-,10-/m0/s1. The van der Waals surface area contributed by atoms with Crippen molar-refractivity contribution in [2.75, 3.05) is 19.0 Å². The van der Waals surface area contributed by atoms with Gasteiger partial charge in [-0.2, -0.15) is 0 Å². The van der Waals surface area contributed by atoms with Crippen LogP contribution in [0.2, 0.25) is 0 Å². The highest BCUT2D eigenvalue weighted by atomic mass is 32.2. The summed E-state index contributed by atoms with van der Waals surface area (Å²) in [5.41, 5.74) is 0. The van der Waals surface area contributed by atoms with Crippen molar-refractivity contribution in [1.82, 2.24) is 0 Å². The summed E-state index contributed by atoms with van der Waals surface area (Å²) in [5.74, 6) is 1.12. The van der Waals surface area contributed by atoms with Crippen LogP contribution in [0.3, 0.4) is 0 Å². The van der Waals surface area contributed by atoms with Crippen LogP contribution >= 0.6 is 11.8 Å². The molecule has 0 aliphatic carbocycles. The first-order chi connectivity index (χ1) is 6.37. The molecule has 0 amide bonds. The van der Waals surface area contributed by atoms with Gasteiger partial charge < -0.3 is 9.47 Å². The van der Waals surface area contributed by atoms with E-state index in [1.807, 2.05) is 11.8 Å². The predicted octanol–water partition coefficient (Wildman–Crippen LogP) is 2.43. The molecule has 2 fully saturated rings. The van der Waals surface area contributed by atoms with Gasteiger partial charge in [0.15, 0.2) is 0 Å². The van der Waals surface area contributed by atoms with Gasteiger partial charge in [0.2, 0.25) is 0 Å². The highest BCUT2D eigenvalue weighted by Crippen LogP contribution is 2.43. The molecular weight excluding hydrogens is 184 g/mol. The molecule has 2 heterocycles. The van der Waals surface area contributed by atoms with Gasteiger partial charge in [0.1, 0.15) is 4.93 Å². The molecule has 0 unspecified atom stereocenters. The summed E-state index contributed by atoms with van der Waals surface area (Å²) >= 11 is 1.94. The Balaban J connectivity index is 2.06. The van der Waals surface area contributed by atoms with Crippen LogP contribution < -0.4 is 0 Å². The lowest BCUT2D eigenvalue weighted by atomic mass is 9.98. The van der Waals surface area contributed by atoms with Gasteiger partial charge in [0, 0.05) is 13.2 Å². The molecule has 13 heavy (non-hydrogen) atoms. The minimum atomic E-state index is 0.0191. The van der Waals surface area contributed by atoms with Crippen LogP contribution in [0.4, 0.5) is 0 Å². The van der Waals surface area contributed by atoms with E-state index in [0.717, 1.165) is 31.8 Å². The van der Waals surface area contributed by atoms with E-state index in [4.69, 9.17) is 9.47 Å². The average molecular weight is 202 g/mol. The minimum absolute atomic E-state index is 0.0191. The minimum Gasteiger partial charge on any atom is -0.374 e. The van der Waals surface area contributed by atoms with E-state index in [2.05, 4.69) is 6.92 Å². The largest absolute Gasteiger partial charge is 0.374 e. The maximum atomic E-state index is 5.95. The molecule has 0 bridgehead atoms. The highest BCUT2D eigenvalue weighted by Gasteiger charge is 2.44. The number of ether oxygens (including phenoxy) is 2. The lowest BCUT2D eigenvalue weighted by molar-refractivity contribution is -0.153. The van der Waals surface area contributed by atoms with E-state index < -0.39 is 0 Å². The SMILES string of the molecule is CCS[C@@]12CCCO[C@H]1CCCO2. The third kappa shape index (κ3) is 1.88. The lowest BCUT2D eigenvalue weighted by Crippen LogP contribution is -2.50. The first-order valence-electron chi connectivity index (χ1n) is 5.27. The first-order valence-corrected chi connectivity index (χ1v) is 6.25. The molecule has 0 N–H and O–H groups in total. The van der Waals surface area contributed by atoms with Crippen molar-refractivity contribution in [2.45, 2.75) is 43.6 Å². The van der Waals surface area contributed by atoms with Gasteiger partial charge in [0.05, 0.1) is 6.10 Å². The third-order valence-electron chi connectivity index (χ3n) is 2.82. The molecule has 76 valence electrons. The van der Waals surface area contributed by atoms with Gasteiger partial charge in [-0.3, -0.25) is 0 Å². The quantitative estimate of drug-likeness (QED) is 0.685. The number of hydrogen-bond acceptors (Lipinski definition) is 3. The molecule has 2 rings (SSSR count). The molecule has 0 aromatic heterocycles. The normalized spacial score (nSPS) is 39.9. The zero-order valence-corrected chi connectivity index (χ0v) is 9.07. The van der Waals surface area contributed by atoms with E-state index in [1.165, 1.54) is 12.8 Å². The summed E-state index contributed by atoms with van der Waals surface area (Å²) in [6.45, 7) is 4.05. The number of hydrogen-bond donors (Lipinski definition) is 0. The molecule has 3 heteroatoms. The Bertz CT molecular complexity index is 155. The van der Waals surface area contributed by atoms with Crippen molar-refractivity contribution >= 4 is 11.8 Å². The third-order valence-corrected chi connectivity index (χ3v) is 4.19. The summed E-state index contributed by atoms with van der Waals surface area (Å²) in [5, 5.41) is 0. The van der Waals surface area contributed by atoms with E-state index >= 15 is 0 Å². The maximum absolute atomic E-state index is 5.95. The maximum Gasteiger partial charge on any atom is 0.139 e. The summed E-state index contributed by atoms with van der Waals surface area (Å²) < 4.78 is 11.7. The van der Waals surface area contributed by atoms with E-state index in [9.17, 15) is 0 Å². The Labute approximate surface area is 84.4 Å². The molecule has 0 radical (unpaired) electrons. The van der Waals surface area contributed by atoms with Gasteiger partial charge in [0.25, 0.3) is 0 Å². The first kappa shape index (κ1) is 9.81. The molecular formula is C10H18O2S. The average Bonchev–Trinajstić information content (AvgIpc) is 2.18. The van der Waals surface area contributed by atoms with Gasteiger partial charge >= 0.3 is 0 Å². The van der Waals surface area contributed by atoms with Crippen LogP contribution in [0, 0.1) is 0 Å². The molecule has 0 aromatic rings. The van der Waals surface area contributed by atoms with E-state index in [0.29, 0.717) is 6.10 Å². The topological polar surface area (TPSA) is 18.5 Å². The van der Waals surface area contributed by atoms with Crippen molar-refractivity contribution in [1.29, 1.82) is 0 Å². The molecule has 2 nitrogen and oxygen atoms in total. The van der Waals surface area contributed by atoms with Gasteiger partial charge in [-0.15, -0.1) is 11.8 Å². The molecule has 0 spiro atoms. The number of thioether (sulfide) groups is 1. The second-order valence-electron chi connectivity index (χ2n) is 3.70. The van der Waals surface area contributed by atoms with E-state index in [1.54, 1.807) is 0 Å². The second kappa shape index (κ2) is 4.20. The summed E-state index contributed by atoms with van der Waals surface area (Å²) in [7, 11) is 0. The zero-order chi connectivity index (χ0) is 9.15. The van der Waals surface area contributed by atoms with Gasteiger partial charge in [-0.05, 0) is 31.4 Å². The molecule has 0 aromatic carbocycles. The fourth-order valence-corrected chi connectivity index (χ4v) is 3.58. The summed E-state index contributed by atoms with van der Waals surface area (Å²) in [6.07, 6.45) is 5.04. The van der Waals surface area contributed by atoms with Crippen molar-refractivity contribution < 1.29 is 9.47 Å². The highest BCUT2D eigenvalue weighted by molar-refractivity contribution is 8.00. The van der Waals surface area contributed by atoms with Crippen LogP contribution in [0.25, 0.3) is 0 Å². The Morgan fingerprint density at radius 3 is 3.15 bits per heavy atom. The Hall–Kier alpha value is 0.270. The molecule has 2 aliphatic rings. The fourth-order valence-electron chi connectivity index (χ4n) is 2.27. The Kier molecular flexibility index (Phi) is 3.17. The molecule has 2 atom stereocenters. The fraction of sp³-hybridized carbons (Fsp3) is 1.00. The van der Waals surface area contributed by atoms with Crippen LogP contribution in [0.1, 0.15) is 32.6 Å². The van der Waals surface area contributed by atoms with Crippen molar-refractivity contribution in [3.8, 4) is 0 Å². The van der Waals surface area contributed by atoms with Gasteiger partial charge in [-0.25, -0.2) is 0 Å². The van der Waals surface area contributed by atoms with Crippen LogP contribution in [0.5, 0.6) is 0 Å². The summed E-state index contributed by atoms with van der Waals surface area (Å²) in [4.78, 5) is 0.0191. The van der Waals surface area contributed by atoms with Crippen molar-refractivity contribution in [3.63, 3.8) is 0 Å². The lowest BCUT2D eigenvalue weighted by Gasteiger charge is -2.45. The molecule has 2 saturated heterocycles. The Morgan fingerprint density at radius 2 is 2.31 bits per heavy atom. The number of fused-ring (bicyclic) bond motifs is 1. The van der Waals surface area contributed by atoms with Crippen molar-refractivity contribution in [3.05, 3.63) is 0 Å². The van der Waals surface area contributed by atoms with Crippen molar-refractivity contribution in [2.24, 2.45) is 0 Å². The van der Waals surface area contributed by atoms with Crippen LogP contribution in [-0.4, -0.2) is 30.0 Å². The second-order valence-corrected chi connectivity index (χ2v) is 5.26. The number of rotatable bonds is 2. The molecule has 0 saturated carbocycles. The van der Waals surface area contributed by atoms with E-state index in [-0.39, 0.29) is 4.93 Å². The Morgan fingerprint density at radius 1 is 1.38 bits per heavy atom. The summed E-state index contributed by atoms with van der Waals surface area (Å²) in [6, 6.07) is 0. The van der Waals surface area contributed by atoms with Crippen LogP contribution in [0.15, 0.2) is 0 Å². The molecule has 2 aliphatic heterocycles. The zero-order valence-electron chi connectivity index (χ0n) is 8.25. The predicted molar refractivity (Wildman–Crippen MR) is 55.0 cm³/mol. The monoisotopic (exact) mass is 202 g/mol. The van der Waals surface area contributed by atoms with Gasteiger partial charge in [-0.1, -0.05) is 6.92 Å².